The molecule has 110 valence electrons. The van der Waals surface area contributed by atoms with Crippen LogP contribution in [-0.4, -0.2) is 18.2 Å². The fraction of sp³-hybridized carbons (Fsp3) is 0.500. The van der Waals surface area contributed by atoms with Crippen molar-refractivity contribution in [3.05, 3.63) is 35.5 Å². The molecule has 0 aliphatic carbocycles. The van der Waals surface area contributed by atoms with E-state index in [-0.39, 0.29) is 17.0 Å². The summed E-state index contributed by atoms with van der Waals surface area (Å²) in [6, 6.07) is 8.39. The first-order chi connectivity index (χ1) is 9.24. The number of fused-ring (bicyclic) bond motifs is 1. The molecular formula is C16H23NO2S. The lowest BCUT2D eigenvalue weighted by molar-refractivity contribution is 0.574. The van der Waals surface area contributed by atoms with Gasteiger partial charge in [0.2, 0.25) is 0 Å². The molecule has 1 aromatic heterocycles. The summed E-state index contributed by atoms with van der Waals surface area (Å²) < 4.78 is 26.6. The average molecular weight is 293 g/mol. The van der Waals surface area contributed by atoms with Gasteiger partial charge >= 0.3 is 0 Å². The zero-order valence-corrected chi connectivity index (χ0v) is 13.7. The van der Waals surface area contributed by atoms with E-state index >= 15 is 0 Å². The first-order valence-electron chi connectivity index (χ1n) is 7.05. The van der Waals surface area contributed by atoms with Crippen molar-refractivity contribution in [2.75, 3.05) is 0 Å². The maximum absolute atomic E-state index is 12.2. The number of nitrogens with zero attached hydrogens (tertiary/aromatic N) is 1. The van der Waals surface area contributed by atoms with Crippen molar-refractivity contribution in [2.24, 2.45) is 0 Å². The van der Waals surface area contributed by atoms with E-state index in [4.69, 9.17) is 0 Å². The summed E-state index contributed by atoms with van der Waals surface area (Å²) in [5.74, 6) is 0.108. The van der Waals surface area contributed by atoms with Crippen LogP contribution in [0.1, 0.15) is 45.0 Å². The van der Waals surface area contributed by atoms with Gasteiger partial charge in [-0.3, -0.25) is 0 Å². The van der Waals surface area contributed by atoms with E-state index in [1.54, 1.807) is 13.8 Å². The number of para-hydroxylation sites is 1. The lowest BCUT2D eigenvalue weighted by Crippen LogP contribution is -2.18. The quantitative estimate of drug-likeness (QED) is 0.858. The predicted octanol–water partition coefficient (Wildman–Crippen LogP) is 3.85. The number of benzene rings is 1. The Morgan fingerprint density at radius 3 is 2.35 bits per heavy atom. The van der Waals surface area contributed by atoms with Crippen LogP contribution in [-0.2, 0) is 15.6 Å². The average Bonchev–Trinajstić information content (AvgIpc) is 2.67. The van der Waals surface area contributed by atoms with E-state index < -0.39 is 9.84 Å². The van der Waals surface area contributed by atoms with Crippen LogP contribution < -0.4 is 0 Å². The minimum Gasteiger partial charge on any atom is -0.341 e. The molecule has 0 bridgehead atoms. The summed E-state index contributed by atoms with van der Waals surface area (Å²) in [5, 5.41) is 0.773. The lowest BCUT2D eigenvalue weighted by Gasteiger charge is -2.17. The van der Waals surface area contributed by atoms with Crippen LogP contribution in [0.5, 0.6) is 0 Å². The Labute approximate surface area is 121 Å². The second-order valence-corrected chi connectivity index (χ2v) is 8.53. The normalized spacial score (nSPS) is 12.8. The Balaban J connectivity index is 2.65. The molecule has 0 amide bonds. The standard InChI is InChI=1S/C16H23NO2S/c1-11(2)17-15(10-20(18,19)12(3)4)9-14-8-6-7-13(5)16(14)17/h6-9,11-12H,10H2,1-5H3. The smallest absolute Gasteiger partial charge is 0.158 e. The van der Waals surface area contributed by atoms with Gasteiger partial charge in [-0.2, -0.15) is 0 Å². The van der Waals surface area contributed by atoms with E-state index in [2.05, 4.69) is 31.4 Å². The van der Waals surface area contributed by atoms with Gasteiger partial charge in [0.05, 0.1) is 16.5 Å². The van der Waals surface area contributed by atoms with E-state index in [9.17, 15) is 8.42 Å². The predicted molar refractivity (Wildman–Crippen MR) is 84.8 cm³/mol. The molecule has 3 nitrogen and oxygen atoms in total. The van der Waals surface area contributed by atoms with Crippen molar-refractivity contribution in [1.82, 2.24) is 4.57 Å². The minimum atomic E-state index is -3.09. The first-order valence-corrected chi connectivity index (χ1v) is 8.76. The van der Waals surface area contributed by atoms with Gasteiger partial charge in [0.15, 0.2) is 9.84 Å². The van der Waals surface area contributed by atoms with Crippen molar-refractivity contribution < 1.29 is 8.42 Å². The summed E-state index contributed by atoms with van der Waals surface area (Å²) in [6.07, 6.45) is 0. The molecule has 0 aliphatic rings. The highest BCUT2D eigenvalue weighted by molar-refractivity contribution is 7.91. The molecule has 0 aliphatic heterocycles. The zero-order chi connectivity index (χ0) is 15.1. The summed E-state index contributed by atoms with van der Waals surface area (Å²) in [4.78, 5) is 0. The van der Waals surface area contributed by atoms with Crippen molar-refractivity contribution in [3.8, 4) is 0 Å². The number of sulfone groups is 1. The maximum atomic E-state index is 12.2. The molecule has 0 N–H and O–H groups in total. The molecule has 0 radical (unpaired) electrons. The molecule has 0 spiro atoms. The van der Waals surface area contributed by atoms with E-state index in [0.717, 1.165) is 16.6 Å². The summed E-state index contributed by atoms with van der Waals surface area (Å²) in [5.41, 5.74) is 3.22. The van der Waals surface area contributed by atoms with Crippen molar-refractivity contribution in [3.63, 3.8) is 0 Å². The van der Waals surface area contributed by atoms with Gasteiger partial charge in [-0.05, 0) is 46.2 Å². The number of hydrogen-bond donors (Lipinski definition) is 0. The Morgan fingerprint density at radius 2 is 1.80 bits per heavy atom. The molecule has 0 atom stereocenters. The summed E-state index contributed by atoms with van der Waals surface area (Å²) in [6.45, 7) is 9.74. The molecular weight excluding hydrogens is 270 g/mol. The van der Waals surface area contributed by atoms with E-state index in [1.165, 1.54) is 5.56 Å². The second kappa shape index (κ2) is 5.24. The summed E-state index contributed by atoms with van der Waals surface area (Å²) >= 11 is 0. The van der Waals surface area contributed by atoms with Crippen molar-refractivity contribution in [1.29, 1.82) is 0 Å². The first kappa shape index (κ1) is 15.1. The van der Waals surface area contributed by atoms with Gasteiger partial charge in [-0.1, -0.05) is 18.2 Å². The molecule has 4 heteroatoms. The zero-order valence-electron chi connectivity index (χ0n) is 12.8. The fourth-order valence-electron chi connectivity index (χ4n) is 2.59. The number of aromatic nitrogens is 1. The molecule has 2 rings (SSSR count). The highest BCUT2D eigenvalue weighted by Crippen LogP contribution is 2.28. The third-order valence-corrected chi connectivity index (χ3v) is 5.86. The number of aryl methyl sites for hydroxylation is 1. The number of hydrogen-bond acceptors (Lipinski definition) is 2. The van der Waals surface area contributed by atoms with Crippen LogP contribution in [0.2, 0.25) is 0 Å². The maximum Gasteiger partial charge on any atom is 0.158 e. The Hall–Kier alpha value is -1.29. The Kier molecular flexibility index (Phi) is 3.96. The van der Waals surface area contributed by atoms with Gasteiger partial charge in [0, 0.05) is 17.1 Å². The SMILES string of the molecule is Cc1cccc2cc(CS(=O)(=O)C(C)C)n(C(C)C)c12. The van der Waals surface area contributed by atoms with Gasteiger partial charge in [0.25, 0.3) is 0 Å². The Bertz CT molecular complexity index is 724. The Morgan fingerprint density at radius 1 is 1.15 bits per heavy atom. The molecule has 20 heavy (non-hydrogen) atoms. The largest absolute Gasteiger partial charge is 0.341 e. The van der Waals surface area contributed by atoms with Crippen LogP contribution in [0.15, 0.2) is 24.3 Å². The van der Waals surface area contributed by atoms with Gasteiger partial charge in [0.1, 0.15) is 0 Å². The molecule has 1 aromatic carbocycles. The molecule has 1 heterocycles. The number of rotatable bonds is 4. The van der Waals surface area contributed by atoms with E-state index in [1.807, 2.05) is 18.2 Å². The van der Waals surface area contributed by atoms with Crippen LogP contribution in [0.3, 0.4) is 0 Å². The third-order valence-electron chi connectivity index (χ3n) is 3.73. The van der Waals surface area contributed by atoms with Crippen LogP contribution >= 0.6 is 0 Å². The van der Waals surface area contributed by atoms with Gasteiger partial charge in [-0.25, -0.2) is 8.42 Å². The molecule has 0 fully saturated rings. The van der Waals surface area contributed by atoms with E-state index in [0.29, 0.717) is 0 Å². The van der Waals surface area contributed by atoms with Crippen LogP contribution in [0.25, 0.3) is 10.9 Å². The highest BCUT2D eigenvalue weighted by Gasteiger charge is 2.21. The lowest BCUT2D eigenvalue weighted by atomic mass is 10.1. The third kappa shape index (κ3) is 2.62. The van der Waals surface area contributed by atoms with Crippen LogP contribution in [0, 0.1) is 6.92 Å². The monoisotopic (exact) mass is 293 g/mol. The topological polar surface area (TPSA) is 39.1 Å². The van der Waals surface area contributed by atoms with Crippen molar-refractivity contribution in [2.45, 2.75) is 51.7 Å². The van der Waals surface area contributed by atoms with Gasteiger partial charge < -0.3 is 4.57 Å². The fourth-order valence-corrected chi connectivity index (χ4v) is 3.56. The highest BCUT2D eigenvalue weighted by atomic mass is 32.2. The van der Waals surface area contributed by atoms with Crippen LogP contribution in [0.4, 0.5) is 0 Å². The molecule has 0 saturated heterocycles. The van der Waals surface area contributed by atoms with Crippen molar-refractivity contribution >= 4 is 20.7 Å². The molecule has 2 aromatic rings. The second-order valence-electron chi connectivity index (χ2n) is 5.97. The molecule has 0 saturated carbocycles. The molecule has 0 unspecified atom stereocenters. The minimum absolute atomic E-state index is 0.108. The van der Waals surface area contributed by atoms with Gasteiger partial charge in [-0.15, -0.1) is 0 Å². The summed E-state index contributed by atoms with van der Waals surface area (Å²) in [7, 11) is -3.09.